The fourth-order valence-corrected chi connectivity index (χ4v) is 3.10. The van der Waals surface area contributed by atoms with E-state index in [1.807, 2.05) is 95.3 Å². The first-order chi connectivity index (χ1) is 12.1. The van der Waals surface area contributed by atoms with Crippen LogP contribution in [0.15, 0.2) is 60.7 Å². The van der Waals surface area contributed by atoms with Gasteiger partial charge in [0.15, 0.2) is 0 Å². The molecule has 0 aliphatic carbocycles. The SMILES string of the molecule is CC(C)[C@H](NC(=O)OC(C)(C)C)C(O)(c1ccccc1)c1ccccc1. The van der Waals surface area contributed by atoms with Crippen molar-refractivity contribution in [1.29, 1.82) is 0 Å². The Morgan fingerprint density at radius 2 is 1.35 bits per heavy atom. The van der Waals surface area contributed by atoms with Gasteiger partial charge in [-0.05, 0) is 37.8 Å². The van der Waals surface area contributed by atoms with E-state index in [1.54, 1.807) is 0 Å². The lowest BCUT2D eigenvalue weighted by molar-refractivity contribution is 0.00406. The van der Waals surface area contributed by atoms with Crippen molar-refractivity contribution < 1.29 is 14.6 Å². The molecule has 2 aromatic rings. The van der Waals surface area contributed by atoms with Gasteiger partial charge < -0.3 is 15.2 Å². The van der Waals surface area contributed by atoms with Gasteiger partial charge in [-0.15, -0.1) is 0 Å². The van der Waals surface area contributed by atoms with Crippen molar-refractivity contribution in [1.82, 2.24) is 5.32 Å². The Morgan fingerprint density at radius 1 is 0.923 bits per heavy atom. The molecule has 0 aromatic heterocycles. The number of hydrogen-bond donors (Lipinski definition) is 2. The van der Waals surface area contributed by atoms with Gasteiger partial charge in [0, 0.05) is 0 Å². The maximum atomic E-state index is 12.4. The second-order valence-corrected chi connectivity index (χ2v) is 7.87. The normalized spacial score (nSPS) is 13.3. The predicted octanol–water partition coefficient (Wildman–Crippen LogP) is 4.47. The summed E-state index contributed by atoms with van der Waals surface area (Å²) in [7, 11) is 0. The van der Waals surface area contributed by atoms with Crippen LogP contribution in [0, 0.1) is 5.92 Å². The van der Waals surface area contributed by atoms with Crippen LogP contribution >= 0.6 is 0 Å². The molecule has 0 heterocycles. The van der Waals surface area contributed by atoms with Crippen molar-refractivity contribution in [2.45, 2.75) is 51.9 Å². The van der Waals surface area contributed by atoms with Gasteiger partial charge >= 0.3 is 6.09 Å². The van der Waals surface area contributed by atoms with Crippen LogP contribution in [0.3, 0.4) is 0 Å². The molecule has 140 valence electrons. The van der Waals surface area contributed by atoms with Crippen molar-refractivity contribution in [2.75, 3.05) is 0 Å². The predicted molar refractivity (Wildman–Crippen MR) is 104 cm³/mol. The zero-order valence-corrected chi connectivity index (χ0v) is 16.2. The molecule has 26 heavy (non-hydrogen) atoms. The van der Waals surface area contributed by atoms with E-state index < -0.39 is 23.3 Å². The minimum absolute atomic E-state index is 0.0343. The van der Waals surface area contributed by atoms with Crippen LogP contribution in [0.25, 0.3) is 0 Å². The van der Waals surface area contributed by atoms with Gasteiger partial charge in [-0.2, -0.15) is 0 Å². The molecule has 0 saturated heterocycles. The van der Waals surface area contributed by atoms with E-state index in [1.165, 1.54) is 0 Å². The summed E-state index contributed by atoms with van der Waals surface area (Å²) < 4.78 is 5.42. The molecular weight excluding hydrogens is 326 g/mol. The molecule has 1 atom stereocenters. The number of carbonyl (C=O) groups excluding carboxylic acids is 1. The van der Waals surface area contributed by atoms with E-state index in [9.17, 15) is 9.90 Å². The van der Waals surface area contributed by atoms with Crippen molar-refractivity contribution in [3.63, 3.8) is 0 Å². The third kappa shape index (κ3) is 4.64. The van der Waals surface area contributed by atoms with E-state index in [2.05, 4.69) is 5.32 Å². The molecule has 0 spiro atoms. The topological polar surface area (TPSA) is 58.6 Å². The van der Waals surface area contributed by atoms with Crippen molar-refractivity contribution in [2.24, 2.45) is 5.92 Å². The van der Waals surface area contributed by atoms with Crippen LogP contribution in [0.1, 0.15) is 45.7 Å². The molecule has 0 bridgehead atoms. The Bertz CT molecular complexity index is 666. The molecule has 4 nitrogen and oxygen atoms in total. The number of amides is 1. The smallest absolute Gasteiger partial charge is 0.408 e. The maximum absolute atomic E-state index is 12.4. The highest BCUT2D eigenvalue weighted by Crippen LogP contribution is 2.36. The highest BCUT2D eigenvalue weighted by Gasteiger charge is 2.43. The number of alkyl carbamates (subject to hydrolysis) is 1. The summed E-state index contributed by atoms with van der Waals surface area (Å²) in [6, 6.07) is 18.3. The minimum atomic E-state index is -1.38. The van der Waals surface area contributed by atoms with Gasteiger partial charge in [0.1, 0.15) is 11.2 Å². The third-order valence-electron chi connectivity index (χ3n) is 4.22. The minimum Gasteiger partial charge on any atom is -0.444 e. The summed E-state index contributed by atoms with van der Waals surface area (Å²) in [5.41, 5.74) is -0.543. The van der Waals surface area contributed by atoms with Crippen LogP contribution in [-0.4, -0.2) is 22.8 Å². The zero-order valence-electron chi connectivity index (χ0n) is 16.2. The van der Waals surface area contributed by atoms with Crippen LogP contribution in [0.4, 0.5) is 4.79 Å². The van der Waals surface area contributed by atoms with Gasteiger partial charge in [-0.25, -0.2) is 4.79 Å². The molecule has 0 aliphatic heterocycles. The van der Waals surface area contributed by atoms with Gasteiger partial charge in [-0.1, -0.05) is 74.5 Å². The van der Waals surface area contributed by atoms with E-state index >= 15 is 0 Å². The fraction of sp³-hybridized carbons (Fsp3) is 0.409. The lowest BCUT2D eigenvalue weighted by atomic mass is 9.76. The second kappa shape index (κ2) is 7.92. The Balaban J connectivity index is 2.49. The first kappa shape index (κ1) is 20.0. The van der Waals surface area contributed by atoms with E-state index in [-0.39, 0.29) is 5.92 Å². The second-order valence-electron chi connectivity index (χ2n) is 7.87. The lowest BCUT2D eigenvalue weighted by Crippen LogP contribution is -2.55. The standard InChI is InChI=1S/C22H29NO3/c1-16(2)19(23-20(24)26-21(3,4)5)22(25,17-12-8-6-9-13-17)18-14-10-7-11-15-18/h6-16,19,25H,1-5H3,(H,23,24)/t19-/m0/s1. The molecule has 0 radical (unpaired) electrons. The number of aliphatic hydroxyl groups is 1. The maximum Gasteiger partial charge on any atom is 0.408 e. The Labute approximate surface area is 156 Å². The molecule has 2 N–H and O–H groups in total. The largest absolute Gasteiger partial charge is 0.444 e. The number of benzene rings is 2. The van der Waals surface area contributed by atoms with Crippen LogP contribution in [-0.2, 0) is 10.3 Å². The summed E-state index contributed by atoms with van der Waals surface area (Å²) in [5, 5.41) is 14.8. The average Bonchev–Trinajstić information content (AvgIpc) is 2.59. The van der Waals surface area contributed by atoms with Crippen molar-refractivity contribution >= 4 is 6.09 Å². The number of nitrogens with one attached hydrogen (secondary N) is 1. The molecular formula is C22H29NO3. The molecule has 2 rings (SSSR count). The van der Waals surface area contributed by atoms with Crippen LogP contribution in [0.5, 0.6) is 0 Å². The van der Waals surface area contributed by atoms with Gasteiger partial charge in [-0.3, -0.25) is 0 Å². The average molecular weight is 355 g/mol. The fourth-order valence-electron chi connectivity index (χ4n) is 3.10. The number of hydrogen-bond acceptors (Lipinski definition) is 3. The first-order valence-electron chi connectivity index (χ1n) is 8.97. The van der Waals surface area contributed by atoms with E-state index in [4.69, 9.17) is 4.74 Å². The lowest BCUT2D eigenvalue weighted by Gasteiger charge is -2.40. The Morgan fingerprint density at radius 3 is 1.69 bits per heavy atom. The monoisotopic (exact) mass is 355 g/mol. The summed E-state index contributed by atoms with van der Waals surface area (Å²) in [5.74, 6) is -0.0343. The van der Waals surface area contributed by atoms with Gasteiger partial charge in [0.25, 0.3) is 0 Å². The molecule has 2 aromatic carbocycles. The molecule has 0 aliphatic rings. The number of carbonyl (C=O) groups is 1. The first-order valence-corrected chi connectivity index (χ1v) is 8.97. The van der Waals surface area contributed by atoms with Crippen molar-refractivity contribution in [3.05, 3.63) is 71.8 Å². The Kier molecular flexibility index (Phi) is 6.09. The quantitative estimate of drug-likeness (QED) is 0.832. The molecule has 0 fully saturated rings. The summed E-state index contributed by atoms with van der Waals surface area (Å²) in [6.07, 6.45) is -0.540. The van der Waals surface area contributed by atoms with E-state index in [0.29, 0.717) is 0 Å². The van der Waals surface area contributed by atoms with Gasteiger partial charge in [0.05, 0.1) is 6.04 Å². The summed E-state index contributed by atoms with van der Waals surface area (Å²) in [4.78, 5) is 12.4. The van der Waals surface area contributed by atoms with Gasteiger partial charge in [0.2, 0.25) is 0 Å². The summed E-state index contributed by atoms with van der Waals surface area (Å²) in [6.45, 7) is 9.39. The van der Waals surface area contributed by atoms with Crippen molar-refractivity contribution in [3.8, 4) is 0 Å². The molecule has 4 heteroatoms. The molecule has 0 unspecified atom stereocenters. The van der Waals surface area contributed by atoms with Crippen LogP contribution < -0.4 is 5.32 Å². The zero-order chi connectivity index (χ0) is 19.4. The summed E-state index contributed by atoms with van der Waals surface area (Å²) >= 11 is 0. The van der Waals surface area contributed by atoms with Crippen LogP contribution in [0.2, 0.25) is 0 Å². The highest BCUT2D eigenvalue weighted by molar-refractivity contribution is 5.68. The highest BCUT2D eigenvalue weighted by atomic mass is 16.6. The van der Waals surface area contributed by atoms with E-state index in [0.717, 1.165) is 11.1 Å². The third-order valence-corrected chi connectivity index (χ3v) is 4.22. The molecule has 1 amide bonds. The number of ether oxygens (including phenoxy) is 1. The Hall–Kier alpha value is -2.33. The molecule has 0 saturated carbocycles. The number of rotatable bonds is 5.